The molecule has 5 heteroatoms. The number of nitrogens with one attached hydrogen (secondary N) is 1. The number of amides is 1. The third-order valence-corrected chi connectivity index (χ3v) is 5.17. The van der Waals surface area contributed by atoms with Gasteiger partial charge in [0, 0.05) is 22.0 Å². The molecule has 0 saturated heterocycles. The molecule has 4 N–H and O–H groups in total. The summed E-state index contributed by atoms with van der Waals surface area (Å²) in [5, 5.41) is 13.1. The van der Waals surface area contributed by atoms with E-state index in [1.165, 1.54) is 11.3 Å². The van der Waals surface area contributed by atoms with Crippen molar-refractivity contribution in [2.24, 2.45) is 5.41 Å². The molecule has 0 radical (unpaired) electrons. The SMILES string of the molecule is Cc1ccc2c(N)c(C(=O)NCC3(CO)CC3)sc2c1. The normalized spacial score (nSPS) is 16.3. The predicted octanol–water partition coefficient (Wildman–Crippen LogP) is 2.29. The molecule has 1 amide bonds. The Bertz CT molecular complexity index is 674. The average Bonchev–Trinajstić information content (AvgIpc) is 3.15. The molecule has 2 aromatic rings. The number of carbonyl (C=O) groups excluding carboxylic acids is 1. The van der Waals surface area contributed by atoms with Crippen LogP contribution in [0.2, 0.25) is 0 Å². The van der Waals surface area contributed by atoms with Gasteiger partial charge in [-0.3, -0.25) is 4.79 Å². The number of hydrogen-bond donors (Lipinski definition) is 3. The van der Waals surface area contributed by atoms with Crippen LogP contribution >= 0.6 is 11.3 Å². The molecule has 3 rings (SSSR count). The lowest BCUT2D eigenvalue weighted by Crippen LogP contribution is -2.31. The maximum absolute atomic E-state index is 12.2. The van der Waals surface area contributed by atoms with Crippen LogP contribution in [0.4, 0.5) is 5.69 Å². The van der Waals surface area contributed by atoms with Gasteiger partial charge >= 0.3 is 0 Å². The van der Waals surface area contributed by atoms with Crippen LogP contribution in [-0.2, 0) is 0 Å². The van der Waals surface area contributed by atoms with Crippen LogP contribution in [0.3, 0.4) is 0 Å². The number of fused-ring (bicyclic) bond motifs is 1. The number of carbonyl (C=O) groups is 1. The second kappa shape index (κ2) is 4.75. The number of hydrogen-bond acceptors (Lipinski definition) is 4. The first kappa shape index (κ1) is 13.4. The summed E-state index contributed by atoms with van der Waals surface area (Å²) < 4.78 is 1.04. The molecule has 1 heterocycles. The molecule has 1 aliphatic rings. The first-order chi connectivity index (χ1) is 9.54. The number of anilines is 1. The first-order valence-corrected chi connectivity index (χ1v) is 7.54. The van der Waals surface area contributed by atoms with Gasteiger partial charge in [0.1, 0.15) is 4.88 Å². The second-order valence-electron chi connectivity index (χ2n) is 5.69. The minimum Gasteiger partial charge on any atom is -0.397 e. The van der Waals surface area contributed by atoms with Crippen molar-refractivity contribution in [1.29, 1.82) is 0 Å². The van der Waals surface area contributed by atoms with Gasteiger partial charge in [0.05, 0.1) is 12.3 Å². The summed E-state index contributed by atoms with van der Waals surface area (Å²) in [7, 11) is 0. The van der Waals surface area contributed by atoms with E-state index in [2.05, 4.69) is 5.32 Å². The lowest BCUT2D eigenvalue weighted by atomic mass is 10.1. The van der Waals surface area contributed by atoms with E-state index in [4.69, 9.17) is 5.73 Å². The number of nitrogen functional groups attached to an aromatic ring is 1. The summed E-state index contributed by atoms with van der Waals surface area (Å²) in [5.74, 6) is -0.138. The van der Waals surface area contributed by atoms with Crippen molar-refractivity contribution in [2.45, 2.75) is 19.8 Å². The van der Waals surface area contributed by atoms with Crippen molar-refractivity contribution in [3.8, 4) is 0 Å². The standard InChI is InChI=1S/C15H18N2O2S/c1-9-2-3-10-11(6-9)20-13(12(10)16)14(19)17-7-15(8-18)4-5-15/h2-3,6,18H,4-5,7-8,16H2,1H3,(H,17,19). The maximum Gasteiger partial charge on any atom is 0.263 e. The number of aryl methyl sites for hydroxylation is 1. The van der Waals surface area contributed by atoms with E-state index in [-0.39, 0.29) is 17.9 Å². The fourth-order valence-corrected chi connectivity index (χ4v) is 3.45. The summed E-state index contributed by atoms with van der Waals surface area (Å²) in [6.07, 6.45) is 1.95. The molecule has 1 aliphatic carbocycles. The van der Waals surface area contributed by atoms with E-state index in [0.717, 1.165) is 28.5 Å². The van der Waals surface area contributed by atoms with Crippen molar-refractivity contribution in [2.75, 3.05) is 18.9 Å². The van der Waals surface area contributed by atoms with Gasteiger partial charge in [0.25, 0.3) is 5.91 Å². The zero-order valence-corrected chi connectivity index (χ0v) is 12.2. The van der Waals surface area contributed by atoms with E-state index in [9.17, 15) is 9.90 Å². The molecule has 1 saturated carbocycles. The number of aliphatic hydroxyl groups is 1. The van der Waals surface area contributed by atoms with E-state index in [1.807, 2.05) is 25.1 Å². The van der Waals surface area contributed by atoms with Crippen molar-refractivity contribution >= 4 is 33.0 Å². The van der Waals surface area contributed by atoms with Crippen LogP contribution in [0.5, 0.6) is 0 Å². The van der Waals surface area contributed by atoms with Crippen LogP contribution in [0, 0.1) is 12.3 Å². The summed E-state index contributed by atoms with van der Waals surface area (Å²) in [6, 6.07) is 6.00. The quantitative estimate of drug-likeness (QED) is 0.808. The van der Waals surface area contributed by atoms with Gasteiger partial charge in [-0.1, -0.05) is 12.1 Å². The highest BCUT2D eigenvalue weighted by molar-refractivity contribution is 7.21. The fourth-order valence-electron chi connectivity index (χ4n) is 2.31. The Hall–Kier alpha value is -1.59. The molecule has 4 nitrogen and oxygen atoms in total. The minimum atomic E-state index is -0.138. The summed E-state index contributed by atoms with van der Waals surface area (Å²) in [4.78, 5) is 12.8. The van der Waals surface area contributed by atoms with E-state index in [0.29, 0.717) is 17.1 Å². The topological polar surface area (TPSA) is 75.4 Å². The van der Waals surface area contributed by atoms with Gasteiger partial charge in [-0.05, 0) is 31.4 Å². The lowest BCUT2D eigenvalue weighted by Gasteiger charge is -2.12. The van der Waals surface area contributed by atoms with Gasteiger partial charge in [-0.25, -0.2) is 0 Å². The third-order valence-electron chi connectivity index (χ3n) is 4.01. The molecular formula is C15H18N2O2S. The van der Waals surface area contributed by atoms with Crippen molar-refractivity contribution < 1.29 is 9.90 Å². The molecule has 0 bridgehead atoms. The Morgan fingerprint density at radius 1 is 1.50 bits per heavy atom. The highest BCUT2D eigenvalue weighted by Crippen LogP contribution is 2.44. The average molecular weight is 290 g/mol. The molecule has 0 unspecified atom stereocenters. The van der Waals surface area contributed by atoms with Gasteiger partial charge in [-0.15, -0.1) is 11.3 Å². The van der Waals surface area contributed by atoms with E-state index < -0.39 is 0 Å². The van der Waals surface area contributed by atoms with Crippen molar-refractivity contribution in [3.63, 3.8) is 0 Å². The van der Waals surface area contributed by atoms with Crippen molar-refractivity contribution in [1.82, 2.24) is 5.32 Å². The number of aliphatic hydroxyl groups excluding tert-OH is 1. The molecule has 106 valence electrons. The molecule has 0 aliphatic heterocycles. The molecule has 1 aromatic heterocycles. The molecule has 0 spiro atoms. The minimum absolute atomic E-state index is 0.0856. The number of rotatable bonds is 4. The molecule has 0 atom stereocenters. The van der Waals surface area contributed by atoms with Crippen LogP contribution in [0.15, 0.2) is 18.2 Å². The van der Waals surface area contributed by atoms with Crippen LogP contribution in [-0.4, -0.2) is 24.2 Å². The monoisotopic (exact) mass is 290 g/mol. The molecule has 20 heavy (non-hydrogen) atoms. The predicted molar refractivity (Wildman–Crippen MR) is 82.1 cm³/mol. The molecule has 1 aromatic carbocycles. The smallest absolute Gasteiger partial charge is 0.263 e. The highest BCUT2D eigenvalue weighted by atomic mass is 32.1. The summed E-state index contributed by atoms with van der Waals surface area (Å²) >= 11 is 1.43. The number of nitrogens with two attached hydrogens (primary N) is 1. The highest BCUT2D eigenvalue weighted by Gasteiger charge is 2.42. The van der Waals surface area contributed by atoms with Crippen molar-refractivity contribution in [3.05, 3.63) is 28.6 Å². The Morgan fingerprint density at radius 3 is 2.90 bits per heavy atom. The zero-order chi connectivity index (χ0) is 14.3. The van der Waals surface area contributed by atoms with Crippen LogP contribution < -0.4 is 11.1 Å². The zero-order valence-electron chi connectivity index (χ0n) is 11.4. The second-order valence-corrected chi connectivity index (χ2v) is 6.74. The van der Waals surface area contributed by atoms with Gasteiger partial charge in [0.15, 0.2) is 0 Å². The van der Waals surface area contributed by atoms with E-state index >= 15 is 0 Å². The van der Waals surface area contributed by atoms with Gasteiger partial charge in [-0.2, -0.15) is 0 Å². The summed E-state index contributed by atoms with van der Waals surface area (Å²) in [6.45, 7) is 2.68. The largest absolute Gasteiger partial charge is 0.397 e. The third kappa shape index (κ3) is 2.27. The van der Waals surface area contributed by atoms with Gasteiger partial charge in [0.2, 0.25) is 0 Å². The Kier molecular flexibility index (Phi) is 3.18. The lowest BCUT2D eigenvalue weighted by molar-refractivity contribution is 0.0940. The fraction of sp³-hybridized carbons (Fsp3) is 0.400. The van der Waals surface area contributed by atoms with E-state index in [1.54, 1.807) is 0 Å². The molecular weight excluding hydrogens is 272 g/mol. The number of thiophene rings is 1. The Balaban J connectivity index is 1.82. The number of benzene rings is 1. The summed E-state index contributed by atoms with van der Waals surface area (Å²) in [5.41, 5.74) is 7.70. The maximum atomic E-state index is 12.2. The van der Waals surface area contributed by atoms with Gasteiger partial charge < -0.3 is 16.2 Å². The van der Waals surface area contributed by atoms with Crippen LogP contribution in [0.25, 0.3) is 10.1 Å². The Morgan fingerprint density at radius 2 is 2.25 bits per heavy atom. The molecule has 1 fully saturated rings. The Labute approximate surface area is 121 Å². The van der Waals surface area contributed by atoms with Crippen LogP contribution in [0.1, 0.15) is 28.1 Å². The first-order valence-electron chi connectivity index (χ1n) is 6.72.